The number of allylic oxidation sites excluding steroid dienone is 2. The molecule has 0 saturated heterocycles. The van der Waals surface area contributed by atoms with E-state index >= 15 is 0 Å². The number of rotatable bonds is 2. The van der Waals surface area contributed by atoms with Crippen molar-refractivity contribution in [2.75, 3.05) is 0 Å². The highest BCUT2D eigenvalue weighted by Crippen LogP contribution is 2.00. The van der Waals surface area contributed by atoms with Crippen LogP contribution in [0.25, 0.3) is 0 Å². The largest absolute Gasteiger partial charge is 0.282 e. The van der Waals surface area contributed by atoms with Gasteiger partial charge in [-0.1, -0.05) is 11.6 Å². The number of hydrogen-bond acceptors (Lipinski definition) is 1. The van der Waals surface area contributed by atoms with Gasteiger partial charge >= 0.3 is 0 Å². The molecule has 0 N–H and O–H groups in total. The van der Waals surface area contributed by atoms with Crippen LogP contribution in [0.2, 0.25) is 0 Å². The minimum Gasteiger partial charge on any atom is -0.282 e. The van der Waals surface area contributed by atoms with E-state index in [0.717, 1.165) is 5.57 Å². The topological polar surface area (TPSA) is 17.1 Å². The van der Waals surface area contributed by atoms with Crippen LogP contribution in [-0.4, -0.2) is 5.12 Å². The lowest BCUT2D eigenvalue weighted by Gasteiger charge is -1.89. The average Bonchev–Trinajstić information content (AvgIpc) is 1.65. The highest BCUT2D eigenvalue weighted by molar-refractivity contribution is 7.96. The molecule has 0 aromatic rings. The van der Waals surface area contributed by atoms with Crippen LogP contribution in [0.15, 0.2) is 11.6 Å². The van der Waals surface area contributed by atoms with Gasteiger partial charge in [0.1, 0.15) is 0 Å². The first kappa shape index (κ1) is 7.63. The Bertz CT molecular complexity index is 116. The van der Waals surface area contributed by atoms with Crippen molar-refractivity contribution in [3.63, 3.8) is 0 Å². The average molecular weight is 129 g/mol. The Morgan fingerprint density at radius 2 is 2.25 bits per heavy atom. The maximum absolute atomic E-state index is 10.2. The van der Waals surface area contributed by atoms with Gasteiger partial charge < -0.3 is 0 Å². The molecule has 0 atom stereocenters. The first-order chi connectivity index (χ1) is 3.66. The molecule has 0 bridgehead atoms. The van der Waals surface area contributed by atoms with Gasteiger partial charge in [-0.3, -0.25) is 4.79 Å². The molecule has 0 heterocycles. The van der Waals surface area contributed by atoms with Gasteiger partial charge in [0.05, 0.1) is 0 Å². The van der Waals surface area contributed by atoms with Crippen molar-refractivity contribution in [3.8, 4) is 0 Å². The van der Waals surface area contributed by atoms with Crippen LogP contribution in [0.5, 0.6) is 0 Å². The molecule has 0 aliphatic carbocycles. The van der Waals surface area contributed by atoms with E-state index in [9.17, 15) is 4.79 Å². The van der Waals surface area contributed by atoms with Crippen molar-refractivity contribution in [1.82, 2.24) is 0 Å². The molecule has 0 saturated carbocycles. The van der Waals surface area contributed by atoms with Gasteiger partial charge in [-0.15, -0.1) is 0 Å². The molecular weight excluding hydrogens is 120 g/mol. The zero-order valence-electron chi connectivity index (χ0n) is 5.10. The maximum atomic E-state index is 10.2. The summed E-state index contributed by atoms with van der Waals surface area (Å²) in [5, 5.41) is -0.180. The Balaban J connectivity index is 3.56. The number of carbonyl (C=O) groups is 1. The second-order valence-corrected chi connectivity index (χ2v) is 2.14. The molecule has 0 aromatic carbocycles. The fourth-order valence-electron chi connectivity index (χ4n) is 0.330. The van der Waals surface area contributed by atoms with Crippen molar-refractivity contribution in [2.24, 2.45) is 0 Å². The van der Waals surface area contributed by atoms with Crippen molar-refractivity contribution in [3.05, 3.63) is 11.6 Å². The minimum absolute atomic E-state index is 0.180. The Morgan fingerprint density at radius 1 is 1.75 bits per heavy atom. The Kier molecular flexibility index (Phi) is 3.44. The standard InChI is InChI=1S/C6H9OS/c1-3-5(2)4-6(7)8/h3H,4H2,1-2H3/b5-3+. The van der Waals surface area contributed by atoms with E-state index in [1.165, 1.54) is 0 Å². The molecule has 0 spiro atoms. The van der Waals surface area contributed by atoms with Gasteiger partial charge in [-0.2, -0.15) is 0 Å². The summed E-state index contributed by atoms with van der Waals surface area (Å²) in [4.78, 5) is 10.2. The summed E-state index contributed by atoms with van der Waals surface area (Å²) in [7, 11) is 0. The van der Waals surface area contributed by atoms with Crippen molar-refractivity contribution < 1.29 is 4.79 Å². The first-order valence-electron chi connectivity index (χ1n) is 2.48. The third-order valence-electron chi connectivity index (χ3n) is 0.916. The van der Waals surface area contributed by atoms with Crippen LogP contribution in [0.4, 0.5) is 0 Å². The van der Waals surface area contributed by atoms with Crippen LogP contribution in [0.3, 0.4) is 0 Å². The molecule has 2 heteroatoms. The lowest BCUT2D eigenvalue weighted by Crippen LogP contribution is -1.85. The number of hydrogen-bond donors (Lipinski definition) is 0. The van der Waals surface area contributed by atoms with Crippen LogP contribution < -0.4 is 0 Å². The highest BCUT2D eigenvalue weighted by atomic mass is 32.1. The molecule has 0 fully saturated rings. The summed E-state index contributed by atoms with van der Waals surface area (Å²) < 4.78 is 0. The molecular formula is C6H9OS. The second-order valence-electron chi connectivity index (χ2n) is 1.68. The summed E-state index contributed by atoms with van der Waals surface area (Å²) in [5.74, 6) is 0. The zero-order valence-corrected chi connectivity index (χ0v) is 5.92. The molecule has 8 heavy (non-hydrogen) atoms. The maximum Gasteiger partial charge on any atom is 0.222 e. The fourth-order valence-corrected chi connectivity index (χ4v) is 0.557. The third-order valence-corrected chi connectivity index (χ3v) is 1.06. The molecule has 0 rings (SSSR count). The van der Waals surface area contributed by atoms with Crippen LogP contribution >= 0.6 is 12.6 Å². The predicted octanol–water partition coefficient (Wildman–Crippen LogP) is 2.07. The molecule has 0 aliphatic rings. The minimum atomic E-state index is -0.180. The van der Waals surface area contributed by atoms with E-state index in [0.29, 0.717) is 6.42 Å². The van der Waals surface area contributed by atoms with Crippen LogP contribution in [0, 0.1) is 0 Å². The Hall–Kier alpha value is -0.370. The van der Waals surface area contributed by atoms with E-state index in [4.69, 9.17) is 0 Å². The summed E-state index contributed by atoms with van der Waals surface area (Å²) >= 11 is 4.34. The summed E-state index contributed by atoms with van der Waals surface area (Å²) in [6.45, 7) is 3.79. The Labute approximate surface area is 55.2 Å². The van der Waals surface area contributed by atoms with Gasteiger partial charge in [0.25, 0.3) is 0 Å². The quantitative estimate of drug-likeness (QED) is 0.521. The van der Waals surface area contributed by atoms with Crippen molar-refractivity contribution >= 4 is 17.7 Å². The summed E-state index contributed by atoms with van der Waals surface area (Å²) in [6, 6.07) is 0. The van der Waals surface area contributed by atoms with Crippen LogP contribution in [0.1, 0.15) is 20.3 Å². The van der Waals surface area contributed by atoms with Gasteiger partial charge in [0.15, 0.2) is 0 Å². The highest BCUT2D eigenvalue weighted by Gasteiger charge is 1.93. The smallest absolute Gasteiger partial charge is 0.222 e. The molecule has 0 aromatic heterocycles. The molecule has 0 unspecified atom stereocenters. The van der Waals surface area contributed by atoms with Crippen molar-refractivity contribution in [1.29, 1.82) is 0 Å². The van der Waals surface area contributed by atoms with E-state index in [2.05, 4.69) is 12.6 Å². The predicted molar refractivity (Wildman–Crippen MR) is 36.6 cm³/mol. The molecule has 0 amide bonds. The van der Waals surface area contributed by atoms with Gasteiger partial charge in [0.2, 0.25) is 5.12 Å². The summed E-state index contributed by atoms with van der Waals surface area (Å²) in [6.07, 6.45) is 2.32. The lowest BCUT2D eigenvalue weighted by molar-refractivity contribution is -0.110. The molecule has 1 nitrogen and oxygen atoms in total. The monoisotopic (exact) mass is 129 g/mol. The third kappa shape index (κ3) is 3.81. The molecule has 0 aliphatic heterocycles. The van der Waals surface area contributed by atoms with Crippen molar-refractivity contribution in [2.45, 2.75) is 20.3 Å². The van der Waals surface area contributed by atoms with E-state index in [-0.39, 0.29) is 5.12 Å². The van der Waals surface area contributed by atoms with Crippen LogP contribution in [-0.2, 0) is 4.79 Å². The second kappa shape index (κ2) is 3.61. The fraction of sp³-hybridized carbons (Fsp3) is 0.500. The number of carbonyl (C=O) groups excluding carboxylic acids is 1. The van der Waals surface area contributed by atoms with Gasteiger partial charge in [0, 0.05) is 6.42 Å². The zero-order chi connectivity index (χ0) is 6.57. The first-order valence-corrected chi connectivity index (χ1v) is 2.89. The van der Waals surface area contributed by atoms with Gasteiger partial charge in [-0.25, -0.2) is 0 Å². The Morgan fingerprint density at radius 3 is 2.38 bits per heavy atom. The summed E-state index contributed by atoms with van der Waals surface area (Å²) in [5.41, 5.74) is 1.05. The van der Waals surface area contributed by atoms with E-state index < -0.39 is 0 Å². The normalized spacial score (nSPS) is 11.5. The molecule has 1 radical (unpaired) electrons. The lowest BCUT2D eigenvalue weighted by atomic mass is 10.2. The molecule has 45 valence electrons. The van der Waals surface area contributed by atoms with E-state index in [1.54, 1.807) is 0 Å². The van der Waals surface area contributed by atoms with Gasteiger partial charge in [-0.05, 0) is 26.5 Å². The SMILES string of the molecule is C/C=C(\C)CC(=O)[S]. The van der Waals surface area contributed by atoms with E-state index in [1.807, 2.05) is 19.9 Å².